The minimum absolute atomic E-state index is 0.0702. The Labute approximate surface area is 179 Å². The highest BCUT2D eigenvalue weighted by Gasteiger charge is 2.31. The Kier molecular flexibility index (Phi) is 6.57. The first-order valence-electron chi connectivity index (χ1n) is 10.7. The van der Waals surface area contributed by atoms with Gasteiger partial charge < -0.3 is 10.2 Å². The molecule has 30 heavy (non-hydrogen) atoms. The molecule has 7 nitrogen and oxygen atoms in total. The molecule has 1 fully saturated rings. The third-order valence-electron chi connectivity index (χ3n) is 5.68. The molecule has 2 aliphatic rings. The monoisotopic (exact) mass is 435 g/mol. The molecule has 166 valence electrons. The van der Waals surface area contributed by atoms with Gasteiger partial charge in [-0.2, -0.15) is 4.31 Å². The van der Waals surface area contributed by atoms with Gasteiger partial charge in [0.05, 0.1) is 4.90 Å². The van der Waals surface area contributed by atoms with Gasteiger partial charge in [0.2, 0.25) is 21.8 Å². The SMILES string of the molecule is CC1CCN(S(=O)(=O)c2ccc3c(c2)CCCC(=O)N3CC(=O)NC(C)(C)C)CC1. The zero-order valence-corrected chi connectivity index (χ0v) is 19.2. The first kappa shape index (κ1) is 22.7. The van der Waals surface area contributed by atoms with Crippen LogP contribution < -0.4 is 10.2 Å². The average molecular weight is 436 g/mol. The van der Waals surface area contributed by atoms with Gasteiger partial charge in [0.1, 0.15) is 6.54 Å². The topological polar surface area (TPSA) is 86.8 Å². The van der Waals surface area contributed by atoms with E-state index >= 15 is 0 Å². The van der Waals surface area contributed by atoms with Gasteiger partial charge in [-0.25, -0.2) is 8.42 Å². The van der Waals surface area contributed by atoms with Crippen LogP contribution in [0.3, 0.4) is 0 Å². The molecule has 1 aromatic carbocycles. The summed E-state index contributed by atoms with van der Waals surface area (Å²) < 4.78 is 27.8. The van der Waals surface area contributed by atoms with Crippen LogP contribution in [0, 0.1) is 5.92 Å². The molecule has 1 aromatic rings. The van der Waals surface area contributed by atoms with Crippen molar-refractivity contribution in [3.05, 3.63) is 23.8 Å². The van der Waals surface area contributed by atoms with Crippen LogP contribution in [0.2, 0.25) is 0 Å². The molecule has 0 aromatic heterocycles. The molecule has 0 bridgehead atoms. The smallest absolute Gasteiger partial charge is 0.243 e. The number of sulfonamides is 1. The Balaban J connectivity index is 1.87. The van der Waals surface area contributed by atoms with E-state index in [1.165, 1.54) is 4.90 Å². The molecule has 2 amide bonds. The molecule has 1 N–H and O–H groups in total. The van der Waals surface area contributed by atoms with E-state index in [-0.39, 0.29) is 23.3 Å². The number of aryl methyl sites for hydroxylation is 1. The van der Waals surface area contributed by atoms with E-state index in [2.05, 4.69) is 12.2 Å². The molecule has 0 aliphatic carbocycles. The van der Waals surface area contributed by atoms with Crippen molar-refractivity contribution in [2.75, 3.05) is 24.5 Å². The van der Waals surface area contributed by atoms with E-state index in [1.807, 2.05) is 20.8 Å². The Morgan fingerprint density at radius 3 is 2.47 bits per heavy atom. The zero-order chi connectivity index (χ0) is 22.1. The van der Waals surface area contributed by atoms with Gasteiger partial charge in [-0.05, 0) is 76.1 Å². The number of nitrogens with zero attached hydrogens (tertiary/aromatic N) is 2. The summed E-state index contributed by atoms with van der Waals surface area (Å²) >= 11 is 0. The number of fused-ring (bicyclic) bond motifs is 1. The van der Waals surface area contributed by atoms with Crippen molar-refractivity contribution in [2.24, 2.45) is 5.92 Å². The lowest BCUT2D eigenvalue weighted by Crippen LogP contribution is -2.47. The van der Waals surface area contributed by atoms with E-state index in [1.54, 1.807) is 22.5 Å². The van der Waals surface area contributed by atoms with Crippen LogP contribution in [-0.2, 0) is 26.0 Å². The van der Waals surface area contributed by atoms with E-state index in [0.29, 0.717) is 44.0 Å². The van der Waals surface area contributed by atoms with Gasteiger partial charge >= 0.3 is 0 Å². The van der Waals surface area contributed by atoms with Crippen molar-refractivity contribution in [1.82, 2.24) is 9.62 Å². The zero-order valence-electron chi connectivity index (χ0n) is 18.4. The highest BCUT2D eigenvalue weighted by atomic mass is 32.2. The standard InChI is InChI=1S/C22H33N3O4S/c1-16-10-12-24(13-11-16)30(28,29)18-8-9-19-17(14-18)6-5-7-21(27)25(19)15-20(26)23-22(2,3)4/h8-9,14,16H,5-7,10-13,15H2,1-4H3,(H,23,26). The van der Waals surface area contributed by atoms with Crippen molar-refractivity contribution in [3.8, 4) is 0 Å². The quantitative estimate of drug-likeness (QED) is 0.788. The molecule has 8 heteroatoms. The lowest BCUT2D eigenvalue weighted by molar-refractivity contribution is -0.124. The van der Waals surface area contributed by atoms with Crippen molar-refractivity contribution in [1.29, 1.82) is 0 Å². The summed E-state index contributed by atoms with van der Waals surface area (Å²) in [5, 5.41) is 2.89. The molecular formula is C22H33N3O4S. The number of carbonyl (C=O) groups excluding carboxylic acids is 2. The maximum Gasteiger partial charge on any atom is 0.243 e. The number of benzene rings is 1. The van der Waals surface area contributed by atoms with E-state index in [0.717, 1.165) is 18.4 Å². The number of nitrogens with one attached hydrogen (secondary N) is 1. The van der Waals surface area contributed by atoms with Crippen LogP contribution in [0.5, 0.6) is 0 Å². The second kappa shape index (κ2) is 8.67. The summed E-state index contributed by atoms with van der Waals surface area (Å²) in [6.45, 7) is 8.83. The second-order valence-electron chi connectivity index (χ2n) is 9.51. The molecule has 0 unspecified atom stereocenters. The predicted molar refractivity (Wildman–Crippen MR) is 117 cm³/mol. The first-order chi connectivity index (χ1) is 14.0. The van der Waals surface area contributed by atoms with Crippen LogP contribution in [0.4, 0.5) is 5.69 Å². The number of piperidine rings is 1. The van der Waals surface area contributed by atoms with Crippen LogP contribution in [0.25, 0.3) is 0 Å². The fourth-order valence-corrected chi connectivity index (χ4v) is 5.56. The predicted octanol–water partition coefficient (Wildman–Crippen LogP) is 2.69. The summed E-state index contributed by atoms with van der Waals surface area (Å²) in [7, 11) is -3.56. The summed E-state index contributed by atoms with van der Waals surface area (Å²) in [6, 6.07) is 4.94. The van der Waals surface area contributed by atoms with Gasteiger partial charge in [-0.1, -0.05) is 6.92 Å². The summed E-state index contributed by atoms with van der Waals surface area (Å²) in [6.07, 6.45) is 3.32. The van der Waals surface area contributed by atoms with Crippen molar-refractivity contribution < 1.29 is 18.0 Å². The van der Waals surface area contributed by atoms with Crippen LogP contribution in [0.15, 0.2) is 23.1 Å². The third kappa shape index (κ3) is 5.21. The molecule has 2 aliphatic heterocycles. The number of rotatable bonds is 4. The van der Waals surface area contributed by atoms with Crippen LogP contribution in [0.1, 0.15) is 58.9 Å². The van der Waals surface area contributed by atoms with E-state index < -0.39 is 15.6 Å². The number of amides is 2. The molecule has 0 atom stereocenters. The van der Waals surface area contributed by atoms with Crippen molar-refractivity contribution in [3.63, 3.8) is 0 Å². The van der Waals surface area contributed by atoms with Crippen molar-refractivity contribution >= 4 is 27.5 Å². The number of hydrogen-bond acceptors (Lipinski definition) is 4. The second-order valence-corrected chi connectivity index (χ2v) is 11.4. The van der Waals surface area contributed by atoms with Crippen LogP contribution >= 0.6 is 0 Å². The molecule has 0 saturated carbocycles. The Morgan fingerprint density at radius 1 is 1.17 bits per heavy atom. The van der Waals surface area contributed by atoms with Crippen LogP contribution in [-0.4, -0.2) is 49.7 Å². The Hall–Kier alpha value is -1.93. The van der Waals surface area contributed by atoms with Gasteiger partial charge in [0.25, 0.3) is 0 Å². The molecule has 1 saturated heterocycles. The number of hydrogen-bond donors (Lipinski definition) is 1. The molecule has 0 radical (unpaired) electrons. The van der Waals surface area contributed by atoms with Gasteiger partial charge in [-0.15, -0.1) is 0 Å². The first-order valence-corrected chi connectivity index (χ1v) is 12.2. The lowest BCUT2D eigenvalue weighted by Gasteiger charge is -2.30. The maximum absolute atomic E-state index is 13.1. The lowest BCUT2D eigenvalue weighted by atomic mass is 10.0. The number of anilines is 1. The fraction of sp³-hybridized carbons (Fsp3) is 0.636. The minimum atomic E-state index is -3.56. The minimum Gasteiger partial charge on any atom is -0.350 e. The summed E-state index contributed by atoms with van der Waals surface area (Å²) in [4.78, 5) is 26.9. The molecular weight excluding hydrogens is 402 g/mol. The Morgan fingerprint density at radius 2 is 1.83 bits per heavy atom. The molecule has 0 spiro atoms. The van der Waals surface area contributed by atoms with Gasteiger partial charge in [0, 0.05) is 30.7 Å². The van der Waals surface area contributed by atoms with Gasteiger partial charge in [-0.3, -0.25) is 9.59 Å². The third-order valence-corrected chi connectivity index (χ3v) is 7.57. The largest absolute Gasteiger partial charge is 0.350 e. The van der Waals surface area contributed by atoms with E-state index in [9.17, 15) is 18.0 Å². The normalized spacial score (nSPS) is 19.3. The highest BCUT2D eigenvalue weighted by Crippen LogP contribution is 2.31. The van der Waals surface area contributed by atoms with E-state index in [4.69, 9.17) is 0 Å². The number of carbonyl (C=O) groups is 2. The average Bonchev–Trinajstić information content (AvgIpc) is 2.79. The molecule has 3 rings (SSSR count). The maximum atomic E-state index is 13.1. The van der Waals surface area contributed by atoms with Gasteiger partial charge in [0.15, 0.2) is 0 Å². The fourth-order valence-electron chi connectivity index (χ4n) is 4.03. The summed E-state index contributed by atoms with van der Waals surface area (Å²) in [5.74, 6) is 0.198. The summed E-state index contributed by atoms with van der Waals surface area (Å²) in [5.41, 5.74) is 1.04. The Bertz CT molecular complexity index is 913. The molecule has 2 heterocycles. The van der Waals surface area contributed by atoms with Crippen molar-refractivity contribution in [2.45, 2.75) is 70.2 Å². The highest BCUT2D eigenvalue weighted by molar-refractivity contribution is 7.89.